The fourth-order valence-electron chi connectivity index (χ4n) is 2.18. The largest absolute Gasteiger partial charge is 0.384 e. The van der Waals surface area contributed by atoms with Crippen molar-refractivity contribution in [3.8, 4) is 11.8 Å². The summed E-state index contributed by atoms with van der Waals surface area (Å²) in [6.07, 6.45) is 2.97. The summed E-state index contributed by atoms with van der Waals surface area (Å²) in [5, 5.41) is 8.69. The van der Waals surface area contributed by atoms with Crippen LogP contribution in [0, 0.1) is 18.8 Å². The van der Waals surface area contributed by atoms with Gasteiger partial charge in [0.2, 0.25) is 10.0 Å². The minimum Gasteiger partial charge on any atom is -0.384 e. The molecular weight excluding hydrogens is 274 g/mol. The number of aliphatic hydroxyl groups is 1. The fourth-order valence-corrected chi connectivity index (χ4v) is 3.69. The second-order valence-electron chi connectivity index (χ2n) is 5.04. The van der Waals surface area contributed by atoms with Gasteiger partial charge in [0.05, 0.1) is 4.90 Å². The summed E-state index contributed by atoms with van der Waals surface area (Å²) in [5.41, 5.74) is 1.54. The average molecular weight is 293 g/mol. The molecule has 0 aromatic heterocycles. The van der Waals surface area contributed by atoms with Gasteiger partial charge < -0.3 is 5.11 Å². The van der Waals surface area contributed by atoms with E-state index in [1.807, 2.05) is 6.92 Å². The molecule has 1 aliphatic rings. The highest BCUT2D eigenvalue weighted by atomic mass is 32.2. The summed E-state index contributed by atoms with van der Waals surface area (Å²) in [5.74, 6) is 5.38. The van der Waals surface area contributed by atoms with Crippen molar-refractivity contribution in [2.45, 2.75) is 37.1 Å². The van der Waals surface area contributed by atoms with E-state index in [-0.39, 0.29) is 12.6 Å². The van der Waals surface area contributed by atoms with E-state index in [9.17, 15) is 8.42 Å². The monoisotopic (exact) mass is 293 g/mol. The van der Waals surface area contributed by atoms with Crippen LogP contribution in [0.4, 0.5) is 0 Å². The zero-order chi connectivity index (χ0) is 14.8. The van der Waals surface area contributed by atoms with Crippen LogP contribution in [0.5, 0.6) is 0 Å². The van der Waals surface area contributed by atoms with Crippen LogP contribution in [0.15, 0.2) is 23.1 Å². The van der Waals surface area contributed by atoms with Crippen molar-refractivity contribution in [3.63, 3.8) is 0 Å². The van der Waals surface area contributed by atoms with E-state index >= 15 is 0 Å². The van der Waals surface area contributed by atoms with Gasteiger partial charge >= 0.3 is 0 Å². The Balaban J connectivity index is 2.30. The van der Waals surface area contributed by atoms with Gasteiger partial charge in [0.1, 0.15) is 6.61 Å². The molecule has 0 unspecified atom stereocenters. The number of aliphatic hydroxyl groups excluding tert-OH is 1. The first kappa shape index (κ1) is 15.0. The standard InChI is InChI=1S/C15H19NO3S/c1-12-11-15(9-8-13(12)5-4-10-17)20(18,19)16(2)14-6-3-7-14/h8-9,11,14,17H,3,6-7,10H2,1-2H3. The average Bonchev–Trinajstić information content (AvgIpc) is 2.35. The van der Waals surface area contributed by atoms with Gasteiger partial charge in [-0.1, -0.05) is 18.3 Å². The van der Waals surface area contributed by atoms with Gasteiger partial charge in [-0.25, -0.2) is 8.42 Å². The van der Waals surface area contributed by atoms with E-state index in [1.54, 1.807) is 25.2 Å². The van der Waals surface area contributed by atoms with E-state index in [1.165, 1.54) is 4.31 Å². The molecule has 2 rings (SSSR count). The van der Waals surface area contributed by atoms with Gasteiger partial charge in [-0.05, 0) is 43.5 Å². The highest BCUT2D eigenvalue weighted by Crippen LogP contribution is 2.28. The van der Waals surface area contributed by atoms with Gasteiger partial charge in [-0.3, -0.25) is 0 Å². The molecule has 108 valence electrons. The molecule has 0 amide bonds. The van der Waals surface area contributed by atoms with E-state index in [0.717, 1.165) is 30.4 Å². The minimum absolute atomic E-state index is 0.133. The molecular formula is C15H19NO3S. The van der Waals surface area contributed by atoms with Crippen molar-refractivity contribution < 1.29 is 13.5 Å². The number of hydrogen-bond donors (Lipinski definition) is 1. The van der Waals surface area contributed by atoms with Gasteiger partial charge in [0.15, 0.2) is 0 Å². The van der Waals surface area contributed by atoms with Crippen LogP contribution >= 0.6 is 0 Å². The molecule has 0 aliphatic heterocycles. The molecule has 1 fully saturated rings. The van der Waals surface area contributed by atoms with Gasteiger partial charge in [-0.2, -0.15) is 4.31 Å². The Kier molecular flexibility index (Phi) is 4.48. The Morgan fingerprint density at radius 1 is 1.40 bits per heavy atom. The molecule has 0 spiro atoms. The lowest BCUT2D eigenvalue weighted by molar-refractivity contribution is 0.249. The van der Waals surface area contributed by atoms with Crippen LogP contribution < -0.4 is 0 Å². The zero-order valence-corrected chi connectivity index (χ0v) is 12.6. The lowest BCUT2D eigenvalue weighted by atomic mass is 9.94. The topological polar surface area (TPSA) is 57.6 Å². The Labute approximate surface area is 120 Å². The van der Waals surface area contributed by atoms with Crippen molar-refractivity contribution in [1.82, 2.24) is 4.31 Å². The fraction of sp³-hybridized carbons (Fsp3) is 0.467. The number of benzene rings is 1. The Hall–Kier alpha value is -1.35. The van der Waals surface area contributed by atoms with Crippen LogP contribution in [0.3, 0.4) is 0 Å². The van der Waals surface area contributed by atoms with E-state index in [0.29, 0.717) is 4.90 Å². The number of hydrogen-bond acceptors (Lipinski definition) is 3. The number of nitrogens with zero attached hydrogens (tertiary/aromatic N) is 1. The van der Waals surface area contributed by atoms with Crippen molar-refractivity contribution in [3.05, 3.63) is 29.3 Å². The molecule has 20 heavy (non-hydrogen) atoms. The second-order valence-corrected chi connectivity index (χ2v) is 7.04. The Morgan fingerprint density at radius 2 is 2.10 bits per heavy atom. The first-order valence-electron chi connectivity index (χ1n) is 6.65. The smallest absolute Gasteiger partial charge is 0.243 e. The highest BCUT2D eigenvalue weighted by molar-refractivity contribution is 7.89. The summed E-state index contributed by atoms with van der Waals surface area (Å²) >= 11 is 0. The van der Waals surface area contributed by atoms with Gasteiger partial charge in [0, 0.05) is 18.7 Å². The van der Waals surface area contributed by atoms with Crippen molar-refractivity contribution >= 4 is 10.0 Å². The van der Waals surface area contributed by atoms with E-state index in [2.05, 4.69) is 11.8 Å². The molecule has 5 heteroatoms. The molecule has 1 saturated carbocycles. The normalized spacial score (nSPS) is 15.6. The molecule has 0 atom stereocenters. The molecule has 4 nitrogen and oxygen atoms in total. The first-order valence-corrected chi connectivity index (χ1v) is 8.09. The summed E-state index contributed by atoms with van der Waals surface area (Å²) in [4.78, 5) is 0.305. The van der Waals surface area contributed by atoms with Gasteiger partial charge in [-0.15, -0.1) is 0 Å². The Bertz CT molecular complexity index is 651. The number of rotatable bonds is 3. The predicted molar refractivity (Wildman–Crippen MR) is 77.7 cm³/mol. The third-order valence-electron chi connectivity index (χ3n) is 3.77. The quantitative estimate of drug-likeness (QED) is 0.860. The van der Waals surface area contributed by atoms with Crippen LogP contribution in [0.1, 0.15) is 30.4 Å². The molecule has 0 bridgehead atoms. The van der Waals surface area contributed by atoms with E-state index < -0.39 is 10.0 Å². The summed E-state index contributed by atoms with van der Waals surface area (Å²) in [6, 6.07) is 5.05. The molecule has 0 heterocycles. The van der Waals surface area contributed by atoms with Crippen LogP contribution in [-0.4, -0.2) is 37.5 Å². The highest BCUT2D eigenvalue weighted by Gasteiger charge is 2.31. The third-order valence-corrected chi connectivity index (χ3v) is 5.67. The maximum Gasteiger partial charge on any atom is 0.243 e. The second kappa shape index (κ2) is 5.96. The number of sulfonamides is 1. The first-order chi connectivity index (χ1) is 9.46. The number of aryl methyl sites for hydroxylation is 1. The SMILES string of the molecule is Cc1cc(S(=O)(=O)N(C)C2CCC2)ccc1C#CCO. The molecule has 1 N–H and O–H groups in total. The van der Waals surface area contributed by atoms with Crippen molar-refractivity contribution in [2.75, 3.05) is 13.7 Å². The van der Waals surface area contributed by atoms with Gasteiger partial charge in [0.25, 0.3) is 0 Å². The summed E-state index contributed by atoms with van der Waals surface area (Å²) < 4.78 is 26.5. The molecule has 0 radical (unpaired) electrons. The maximum atomic E-state index is 12.5. The minimum atomic E-state index is -3.42. The van der Waals surface area contributed by atoms with E-state index in [4.69, 9.17) is 5.11 Å². The lowest BCUT2D eigenvalue weighted by Gasteiger charge is -2.33. The van der Waals surface area contributed by atoms with Crippen LogP contribution in [0.25, 0.3) is 0 Å². The van der Waals surface area contributed by atoms with Crippen LogP contribution in [0.2, 0.25) is 0 Å². The Morgan fingerprint density at radius 3 is 2.60 bits per heavy atom. The lowest BCUT2D eigenvalue weighted by Crippen LogP contribution is -2.41. The summed E-state index contributed by atoms with van der Waals surface area (Å²) in [6.45, 7) is 1.62. The van der Waals surface area contributed by atoms with Crippen LogP contribution in [-0.2, 0) is 10.0 Å². The molecule has 1 aromatic carbocycles. The molecule has 1 aliphatic carbocycles. The van der Waals surface area contributed by atoms with Crippen molar-refractivity contribution in [1.29, 1.82) is 0 Å². The molecule has 0 saturated heterocycles. The maximum absolute atomic E-state index is 12.5. The predicted octanol–water partition coefficient (Wildman–Crippen LogP) is 1.51. The zero-order valence-electron chi connectivity index (χ0n) is 11.8. The third kappa shape index (κ3) is 2.88. The van der Waals surface area contributed by atoms with Crippen molar-refractivity contribution in [2.24, 2.45) is 0 Å². The molecule has 1 aromatic rings. The summed E-state index contributed by atoms with van der Waals surface area (Å²) in [7, 11) is -1.78.